The van der Waals surface area contributed by atoms with Gasteiger partial charge in [0, 0.05) is 18.6 Å². The fraction of sp³-hybridized carbons (Fsp3) is 0.800. The number of aliphatic hydroxyl groups excluding tert-OH is 1. The van der Waals surface area contributed by atoms with Crippen LogP contribution < -0.4 is 0 Å². The van der Waals surface area contributed by atoms with E-state index in [0.29, 0.717) is 23.0 Å². The Balaban J connectivity index is 2.11. The van der Waals surface area contributed by atoms with Crippen LogP contribution in [0.25, 0.3) is 0 Å². The lowest BCUT2D eigenvalue weighted by Gasteiger charge is -2.51. The standard InChI is InChI=1S/C40H72O3SSi2/c1-16-30(17-2)35(41)28-44-40(43-46(14,15)38(8,9)10)26-32(29(4)36(27-40)42-45(12,13)37(5,6)7)22-21-31-20-19-25-39(11)33(18-3)23-24-34(31)39/h21-23,30,34-36,41H,4,16-20,24-28H2,1-3,5-15H3/t34-,35+,36+,39-,40+/m1/s1. The zero-order valence-corrected chi connectivity index (χ0v) is 35.3. The van der Waals surface area contributed by atoms with Crippen LogP contribution >= 0.6 is 11.8 Å². The van der Waals surface area contributed by atoms with Gasteiger partial charge in [-0.25, -0.2) is 0 Å². The Labute approximate surface area is 291 Å². The second kappa shape index (κ2) is 14.8. The van der Waals surface area contributed by atoms with Gasteiger partial charge in [-0.05, 0) is 96.8 Å². The Kier molecular flexibility index (Phi) is 12.9. The summed E-state index contributed by atoms with van der Waals surface area (Å²) in [6.45, 7) is 37.5. The molecule has 46 heavy (non-hydrogen) atoms. The maximum atomic E-state index is 11.4. The Morgan fingerprint density at radius 3 is 2.17 bits per heavy atom. The molecule has 0 unspecified atom stereocenters. The maximum absolute atomic E-state index is 11.4. The van der Waals surface area contributed by atoms with Crippen LogP contribution in [0.1, 0.15) is 127 Å². The van der Waals surface area contributed by atoms with Gasteiger partial charge in [0.1, 0.15) is 4.93 Å². The molecule has 3 aliphatic carbocycles. The Bertz CT molecular complexity index is 1170. The topological polar surface area (TPSA) is 38.7 Å². The van der Waals surface area contributed by atoms with Crippen LogP contribution in [0.3, 0.4) is 0 Å². The molecule has 2 saturated carbocycles. The van der Waals surface area contributed by atoms with E-state index in [2.05, 4.69) is 114 Å². The fourth-order valence-corrected chi connectivity index (χ4v) is 12.4. The van der Waals surface area contributed by atoms with E-state index < -0.39 is 21.6 Å². The van der Waals surface area contributed by atoms with E-state index in [0.717, 1.165) is 37.7 Å². The number of hydrogen-bond donors (Lipinski definition) is 1. The number of aliphatic hydroxyl groups is 1. The average Bonchev–Trinajstić information content (AvgIpc) is 3.28. The van der Waals surface area contributed by atoms with Crippen molar-refractivity contribution in [3.05, 3.63) is 47.1 Å². The zero-order valence-electron chi connectivity index (χ0n) is 32.5. The summed E-state index contributed by atoms with van der Waals surface area (Å²) in [7, 11) is -4.28. The lowest BCUT2D eigenvalue weighted by atomic mass is 9.64. The van der Waals surface area contributed by atoms with Gasteiger partial charge in [-0.15, -0.1) is 11.8 Å². The minimum Gasteiger partial charge on any atom is -0.410 e. The van der Waals surface area contributed by atoms with Gasteiger partial charge in [0.25, 0.3) is 0 Å². The van der Waals surface area contributed by atoms with Crippen LogP contribution in [-0.4, -0.2) is 44.6 Å². The van der Waals surface area contributed by atoms with Crippen LogP contribution in [0.4, 0.5) is 0 Å². The third-order valence-electron chi connectivity index (χ3n) is 12.9. The van der Waals surface area contributed by atoms with Crippen molar-refractivity contribution in [1.82, 2.24) is 0 Å². The van der Waals surface area contributed by atoms with Crippen molar-refractivity contribution < 1.29 is 14.0 Å². The highest BCUT2D eigenvalue weighted by molar-refractivity contribution is 8.00. The van der Waals surface area contributed by atoms with E-state index in [1.54, 1.807) is 11.1 Å². The third kappa shape index (κ3) is 8.67. The molecule has 0 bridgehead atoms. The van der Waals surface area contributed by atoms with Gasteiger partial charge in [0.2, 0.25) is 0 Å². The maximum Gasteiger partial charge on any atom is 0.193 e. The first-order valence-corrected chi connectivity index (χ1v) is 25.3. The Hall–Kier alpha value is -0.376. The first-order chi connectivity index (χ1) is 21.1. The van der Waals surface area contributed by atoms with Crippen LogP contribution in [0.5, 0.6) is 0 Å². The fourth-order valence-electron chi connectivity index (χ4n) is 7.60. The number of hydrogen-bond acceptors (Lipinski definition) is 4. The third-order valence-corrected chi connectivity index (χ3v) is 23.5. The molecule has 0 aromatic rings. The monoisotopic (exact) mass is 688 g/mol. The smallest absolute Gasteiger partial charge is 0.193 e. The van der Waals surface area contributed by atoms with Gasteiger partial charge < -0.3 is 14.0 Å². The van der Waals surface area contributed by atoms with Crippen LogP contribution in [0.2, 0.25) is 36.3 Å². The molecule has 3 rings (SSSR count). The molecule has 3 aliphatic rings. The molecular weight excluding hydrogens is 617 g/mol. The molecular formula is C40H72O3SSi2. The molecule has 0 radical (unpaired) electrons. The van der Waals surface area contributed by atoms with E-state index in [1.807, 2.05) is 11.8 Å². The van der Waals surface area contributed by atoms with Crippen molar-refractivity contribution >= 4 is 28.4 Å². The van der Waals surface area contributed by atoms with Gasteiger partial charge in [-0.1, -0.05) is 118 Å². The van der Waals surface area contributed by atoms with Crippen molar-refractivity contribution in [2.45, 2.75) is 180 Å². The number of thioether (sulfide) groups is 1. The quantitative estimate of drug-likeness (QED) is 0.126. The van der Waals surface area contributed by atoms with Crippen LogP contribution in [-0.2, 0) is 8.85 Å². The second-order valence-corrected chi connectivity index (χ2v) is 28.9. The second-order valence-electron chi connectivity index (χ2n) is 18.1. The minimum atomic E-state index is -2.18. The molecule has 0 spiro atoms. The molecule has 1 N–H and O–H groups in total. The summed E-state index contributed by atoms with van der Waals surface area (Å²) in [4.78, 5) is -0.472. The summed E-state index contributed by atoms with van der Waals surface area (Å²) in [6.07, 6.45) is 16.7. The van der Waals surface area contributed by atoms with Crippen molar-refractivity contribution in [3.8, 4) is 0 Å². The predicted molar refractivity (Wildman–Crippen MR) is 209 cm³/mol. The number of rotatable bonds is 12. The van der Waals surface area contributed by atoms with E-state index in [9.17, 15) is 5.11 Å². The highest BCUT2D eigenvalue weighted by Crippen LogP contribution is 2.56. The molecule has 6 heteroatoms. The van der Waals surface area contributed by atoms with Gasteiger partial charge in [0.15, 0.2) is 16.6 Å². The van der Waals surface area contributed by atoms with E-state index in [-0.39, 0.29) is 22.3 Å². The van der Waals surface area contributed by atoms with Crippen molar-refractivity contribution in [2.75, 3.05) is 5.75 Å². The summed E-state index contributed by atoms with van der Waals surface area (Å²) in [5.74, 6) is 1.60. The molecule has 0 aromatic heterocycles. The summed E-state index contributed by atoms with van der Waals surface area (Å²) in [5, 5.41) is 11.5. The average molecular weight is 689 g/mol. The van der Waals surface area contributed by atoms with Gasteiger partial charge >= 0.3 is 0 Å². The van der Waals surface area contributed by atoms with Crippen LogP contribution in [0.15, 0.2) is 47.1 Å². The summed E-state index contributed by atoms with van der Waals surface area (Å²) >= 11 is 1.86. The molecule has 3 nitrogen and oxygen atoms in total. The van der Waals surface area contributed by atoms with Crippen LogP contribution in [0, 0.1) is 17.3 Å². The largest absolute Gasteiger partial charge is 0.410 e. The molecule has 0 saturated heterocycles. The molecule has 0 aromatic carbocycles. The van der Waals surface area contributed by atoms with Gasteiger partial charge in [0.05, 0.1) is 12.2 Å². The van der Waals surface area contributed by atoms with Gasteiger partial charge in [-0.2, -0.15) is 0 Å². The summed E-state index contributed by atoms with van der Waals surface area (Å²) in [6, 6.07) is 0. The normalized spacial score (nSPS) is 30.7. The van der Waals surface area contributed by atoms with E-state index >= 15 is 0 Å². The molecule has 2 fully saturated rings. The lowest BCUT2D eigenvalue weighted by Crippen LogP contribution is -2.54. The lowest BCUT2D eigenvalue weighted by molar-refractivity contribution is 0.0704. The number of allylic oxidation sites excluding steroid dienone is 5. The van der Waals surface area contributed by atoms with E-state index in [1.165, 1.54) is 31.3 Å². The number of fused-ring (bicyclic) bond motifs is 1. The predicted octanol–water partition coefficient (Wildman–Crippen LogP) is 12.4. The first-order valence-electron chi connectivity index (χ1n) is 18.5. The van der Waals surface area contributed by atoms with Gasteiger partial charge in [-0.3, -0.25) is 0 Å². The highest BCUT2D eigenvalue weighted by atomic mass is 32.2. The molecule has 0 amide bonds. The summed E-state index contributed by atoms with van der Waals surface area (Å²) in [5.41, 5.74) is 5.99. The highest BCUT2D eigenvalue weighted by Gasteiger charge is 2.51. The minimum absolute atomic E-state index is 0.0731. The Morgan fingerprint density at radius 2 is 1.63 bits per heavy atom. The Morgan fingerprint density at radius 1 is 1.02 bits per heavy atom. The van der Waals surface area contributed by atoms with E-state index in [4.69, 9.17) is 15.4 Å². The van der Waals surface area contributed by atoms with Crippen molar-refractivity contribution in [1.29, 1.82) is 0 Å². The molecule has 5 atom stereocenters. The summed E-state index contributed by atoms with van der Waals surface area (Å²) < 4.78 is 14.8. The molecule has 0 aliphatic heterocycles. The first kappa shape index (κ1) is 40.1. The molecule has 0 heterocycles. The van der Waals surface area contributed by atoms with Crippen molar-refractivity contribution in [2.24, 2.45) is 17.3 Å². The SMILES string of the molecule is C=C1C(=CC=C2CCC[C@]3(C)C(CC)=CC[C@H]23)C[C@](O[Si](C)(C)C(C)(C)C)(SC[C@H](O)C(CC)CC)C[C@@H]1O[Si](C)(C)C(C)(C)C. The van der Waals surface area contributed by atoms with Crippen molar-refractivity contribution in [3.63, 3.8) is 0 Å². The zero-order chi connectivity index (χ0) is 34.9. The molecule has 264 valence electrons.